The molecule has 0 N–H and O–H groups in total. The summed E-state index contributed by atoms with van der Waals surface area (Å²) < 4.78 is 11.0. The largest absolute Gasteiger partial charge is 0.499 e. The fraction of sp³-hybridized carbons (Fsp3) is 0.0143. The van der Waals surface area contributed by atoms with Gasteiger partial charge in [0.15, 0.2) is 5.71 Å². The average Bonchev–Trinajstić information content (AvgIpc) is 4.39. The molecular formula is C70H39N5+2. The van der Waals surface area contributed by atoms with Gasteiger partial charge in [-0.1, -0.05) is 188 Å². The number of hydrogen-bond acceptors (Lipinski definition) is 1. The molecule has 0 aliphatic carbocycles. The van der Waals surface area contributed by atoms with Gasteiger partial charge in [-0.3, -0.25) is 0 Å². The number of aromatic nitrogens is 2. The van der Waals surface area contributed by atoms with Crippen LogP contribution in [0.4, 0.5) is 5.82 Å². The second kappa shape index (κ2) is 13.4. The summed E-state index contributed by atoms with van der Waals surface area (Å²) in [6.45, 7) is 0. The lowest BCUT2D eigenvalue weighted by Crippen LogP contribution is -2.71. The standard InChI is InChI=1S/C70H39N5/c1-4-18-40(19-5-1)59-62-51-32-43-24-10-12-26-45(43)34-53(51)64-60(41-20-6-2-7-21-41)66-55-36-47-28-14-16-30-49(47)38-57(55)68-71-69-58-39-50-31-17-15-29-48(50)37-56(58)67-61(42-22-8-3-9-23-42)65-54-35-46-27-13-11-25-44(46)33-52(54)63(59)73(65)70(72(62)64,74(66)68)75(67)69/h1-39H/q+2. The van der Waals surface area contributed by atoms with Crippen molar-refractivity contribution in [1.29, 1.82) is 0 Å². The topological polar surface area (TPSA) is 28.2 Å². The molecule has 1 unspecified atom stereocenters. The van der Waals surface area contributed by atoms with E-state index in [0.717, 1.165) is 45.1 Å². The third-order valence-corrected chi connectivity index (χ3v) is 17.3. The van der Waals surface area contributed by atoms with E-state index in [9.17, 15) is 0 Å². The lowest BCUT2D eigenvalue weighted by atomic mass is 9.89. The van der Waals surface area contributed by atoms with Crippen molar-refractivity contribution in [3.63, 3.8) is 0 Å². The smallest absolute Gasteiger partial charge is 0.218 e. The number of amidine groups is 1. The van der Waals surface area contributed by atoms with Crippen LogP contribution >= 0.6 is 0 Å². The Hall–Kier alpha value is -9.97. The molecule has 0 radical (unpaired) electrons. The molecule has 0 saturated heterocycles. The van der Waals surface area contributed by atoms with Gasteiger partial charge in [-0.25, -0.2) is 4.57 Å². The molecule has 0 fully saturated rings. The number of rotatable bonds is 3. The Labute approximate surface area is 429 Å². The number of hydrogen-bond donors (Lipinski definition) is 0. The summed E-state index contributed by atoms with van der Waals surface area (Å²) in [6, 6.07) is 88.9. The summed E-state index contributed by atoms with van der Waals surface area (Å²) >= 11 is 0. The zero-order chi connectivity index (χ0) is 48.4. The van der Waals surface area contributed by atoms with Crippen molar-refractivity contribution >= 4 is 110 Å². The van der Waals surface area contributed by atoms with Crippen molar-refractivity contribution < 1.29 is 9.15 Å². The molecule has 2 aromatic heterocycles. The monoisotopic (exact) mass is 949 g/mol. The highest BCUT2D eigenvalue weighted by Gasteiger charge is 2.74. The minimum Gasteiger partial charge on any atom is -0.218 e. The number of benzene rings is 11. The first kappa shape index (κ1) is 38.7. The van der Waals surface area contributed by atoms with E-state index in [1.807, 2.05) is 0 Å². The molecule has 75 heavy (non-hydrogen) atoms. The Kier molecular flexibility index (Phi) is 6.88. The Morgan fingerprint density at radius 3 is 1.19 bits per heavy atom. The molecular weight excluding hydrogens is 911 g/mol. The first-order valence-corrected chi connectivity index (χ1v) is 26.0. The van der Waals surface area contributed by atoms with Gasteiger partial charge in [0.2, 0.25) is 11.4 Å². The van der Waals surface area contributed by atoms with Crippen molar-refractivity contribution in [2.45, 2.75) is 5.91 Å². The summed E-state index contributed by atoms with van der Waals surface area (Å²) in [5, 5.41) is 16.8. The van der Waals surface area contributed by atoms with E-state index < -0.39 is 5.91 Å². The fourth-order valence-electron chi connectivity index (χ4n) is 14.5. The van der Waals surface area contributed by atoms with E-state index in [0.29, 0.717) is 0 Å². The minimum atomic E-state index is -1.12. The van der Waals surface area contributed by atoms with E-state index in [1.54, 1.807) is 0 Å². The van der Waals surface area contributed by atoms with E-state index in [-0.39, 0.29) is 0 Å². The fourth-order valence-corrected chi connectivity index (χ4v) is 14.5. The van der Waals surface area contributed by atoms with Gasteiger partial charge >= 0.3 is 11.7 Å². The van der Waals surface area contributed by atoms with Crippen molar-refractivity contribution in [3.8, 4) is 0 Å². The molecule has 8 heterocycles. The van der Waals surface area contributed by atoms with Crippen LogP contribution in [0.15, 0.2) is 242 Å². The van der Waals surface area contributed by atoms with E-state index in [1.165, 1.54) is 120 Å². The van der Waals surface area contributed by atoms with Gasteiger partial charge in [-0.15, -0.1) is 9.15 Å². The van der Waals surface area contributed by atoms with Crippen molar-refractivity contribution in [2.75, 3.05) is 0 Å². The van der Waals surface area contributed by atoms with Crippen LogP contribution in [0.3, 0.4) is 0 Å². The molecule has 5 nitrogen and oxygen atoms in total. The Morgan fingerprint density at radius 1 is 0.320 bits per heavy atom. The van der Waals surface area contributed by atoms with E-state index in [4.69, 9.17) is 4.99 Å². The van der Waals surface area contributed by atoms with Crippen molar-refractivity contribution in [1.82, 2.24) is 9.13 Å². The summed E-state index contributed by atoms with van der Waals surface area (Å²) in [5.74, 6) is 0.793. The molecule has 13 aromatic rings. The maximum atomic E-state index is 6.17. The molecule has 5 heteroatoms. The molecule has 0 bridgehead atoms. The lowest BCUT2D eigenvalue weighted by Gasteiger charge is -2.41. The van der Waals surface area contributed by atoms with Crippen molar-refractivity contribution in [2.24, 2.45) is 4.99 Å². The second-order valence-corrected chi connectivity index (χ2v) is 21.0. The normalized spacial score (nSPS) is 17.3. The molecule has 0 amide bonds. The quantitative estimate of drug-likeness (QED) is 0.158. The number of nitrogens with zero attached hydrogens (tertiary/aromatic N) is 5. The highest BCUT2D eigenvalue weighted by molar-refractivity contribution is 6.39. The van der Waals surface area contributed by atoms with Crippen LogP contribution < -0.4 is 10.7 Å². The summed E-state index contributed by atoms with van der Waals surface area (Å²) in [4.78, 5) is 6.17. The zero-order valence-corrected chi connectivity index (χ0v) is 40.3. The predicted molar refractivity (Wildman–Crippen MR) is 305 cm³/mol. The van der Waals surface area contributed by atoms with Crippen LogP contribution in [0.2, 0.25) is 0 Å². The number of fused-ring (bicyclic) bond motifs is 16. The Balaban J connectivity index is 1.18. The summed E-state index contributed by atoms with van der Waals surface area (Å²) in [7, 11) is 0. The van der Waals surface area contributed by atoms with Crippen LogP contribution in [-0.4, -0.2) is 35.5 Å². The van der Waals surface area contributed by atoms with Crippen molar-refractivity contribution in [3.05, 3.63) is 292 Å². The summed E-state index contributed by atoms with van der Waals surface area (Å²) in [6.07, 6.45) is 0. The van der Waals surface area contributed by atoms with E-state index in [2.05, 4.69) is 255 Å². The predicted octanol–water partition coefficient (Wildman–Crippen LogP) is 13.4. The van der Waals surface area contributed by atoms with Gasteiger partial charge in [0.1, 0.15) is 0 Å². The lowest BCUT2D eigenvalue weighted by molar-refractivity contribution is -0.797. The molecule has 1 atom stereocenters. The molecule has 0 saturated carbocycles. The third kappa shape index (κ3) is 4.50. The van der Waals surface area contributed by atoms with Gasteiger partial charge in [0.25, 0.3) is 5.82 Å². The molecule has 6 aliphatic heterocycles. The van der Waals surface area contributed by atoms with Gasteiger partial charge in [-0.2, -0.15) is 4.57 Å². The first-order chi connectivity index (χ1) is 37.2. The molecule has 342 valence electrons. The van der Waals surface area contributed by atoms with E-state index >= 15 is 0 Å². The van der Waals surface area contributed by atoms with Crippen LogP contribution in [0, 0.1) is 0 Å². The third-order valence-electron chi connectivity index (χ3n) is 17.3. The highest BCUT2D eigenvalue weighted by atomic mass is 15.6. The van der Waals surface area contributed by atoms with Crippen LogP contribution in [0.25, 0.3) is 87.1 Å². The Bertz CT molecular complexity index is 5200. The van der Waals surface area contributed by atoms with Gasteiger partial charge in [0, 0.05) is 21.7 Å². The van der Waals surface area contributed by atoms with Crippen LogP contribution in [0.5, 0.6) is 0 Å². The molecule has 6 aliphatic rings. The van der Waals surface area contributed by atoms with Gasteiger partial charge in [-0.05, 0) is 113 Å². The number of aliphatic imine (C=N–C) groups is 1. The van der Waals surface area contributed by atoms with Crippen LogP contribution in [0.1, 0.15) is 44.6 Å². The zero-order valence-electron chi connectivity index (χ0n) is 40.3. The minimum absolute atomic E-state index is 0.955. The molecule has 11 aromatic carbocycles. The summed E-state index contributed by atoms with van der Waals surface area (Å²) in [5.41, 5.74) is 16.6. The first-order valence-electron chi connectivity index (χ1n) is 26.0. The average molecular weight is 950 g/mol. The Morgan fingerprint density at radius 2 is 0.693 bits per heavy atom. The van der Waals surface area contributed by atoms with Gasteiger partial charge < -0.3 is 0 Å². The highest BCUT2D eigenvalue weighted by Crippen LogP contribution is 2.59. The maximum Gasteiger partial charge on any atom is 0.499 e. The molecule has 1 spiro atoms. The molecule has 19 rings (SSSR count). The SMILES string of the molecule is c1ccc(C2=C3c4cc5ccccc5cc4C4=[N+]3C35n6c(c7cc8ccccc8cc7c62)N=C2c6cc7ccccc7cc6C(=[N+]23)C(c2ccccc2)=c2c3cc6ccccc6cc3c(n25)=C4c2ccccc2)cc1. The maximum absolute atomic E-state index is 6.17. The van der Waals surface area contributed by atoms with Crippen LogP contribution in [-0.2, 0) is 5.91 Å². The second-order valence-electron chi connectivity index (χ2n) is 21.0. The van der Waals surface area contributed by atoms with Gasteiger partial charge in [0.05, 0.1) is 55.2 Å².